The van der Waals surface area contributed by atoms with Crippen molar-refractivity contribution < 1.29 is 9.90 Å². The van der Waals surface area contributed by atoms with Gasteiger partial charge in [-0.2, -0.15) is 0 Å². The summed E-state index contributed by atoms with van der Waals surface area (Å²) in [7, 11) is 3.29. The number of hydrogen-bond donors (Lipinski definition) is 1. The Labute approximate surface area is 179 Å². The quantitative estimate of drug-likeness (QED) is 0.638. The summed E-state index contributed by atoms with van der Waals surface area (Å²) < 4.78 is 4.55. The second-order valence-electron chi connectivity index (χ2n) is 8.22. The first-order chi connectivity index (χ1) is 14.9. The van der Waals surface area contributed by atoms with E-state index in [9.17, 15) is 14.4 Å². The lowest BCUT2D eigenvalue weighted by atomic mass is 9.89. The van der Waals surface area contributed by atoms with Gasteiger partial charge in [-0.3, -0.25) is 13.9 Å². The van der Waals surface area contributed by atoms with Crippen molar-refractivity contribution in [2.45, 2.75) is 38.6 Å². The van der Waals surface area contributed by atoms with E-state index >= 15 is 0 Å². The number of carbonyl (C=O) groups is 1. The van der Waals surface area contributed by atoms with Gasteiger partial charge < -0.3 is 9.67 Å². The fraction of sp³-hybridized carbons (Fsp3) is 0.391. The Bertz CT molecular complexity index is 1270. The van der Waals surface area contributed by atoms with Crippen molar-refractivity contribution in [2.75, 3.05) is 0 Å². The Morgan fingerprint density at radius 2 is 1.77 bits per heavy atom. The molecule has 4 rings (SSSR count). The summed E-state index contributed by atoms with van der Waals surface area (Å²) in [5.74, 6) is -0.00650. The minimum absolute atomic E-state index is 0.332. The van der Waals surface area contributed by atoms with Gasteiger partial charge in [0.1, 0.15) is 5.82 Å². The fourth-order valence-corrected chi connectivity index (χ4v) is 4.39. The van der Waals surface area contributed by atoms with Crippen LogP contribution < -0.4 is 11.2 Å². The smallest absolute Gasteiger partial charge is 0.332 e. The predicted octanol–water partition coefficient (Wildman–Crippen LogP) is 2.78. The van der Waals surface area contributed by atoms with Gasteiger partial charge in [-0.15, -0.1) is 0 Å². The van der Waals surface area contributed by atoms with Gasteiger partial charge in [0, 0.05) is 32.3 Å². The third-order valence-electron chi connectivity index (χ3n) is 6.11. The number of benzene rings is 1. The number of aromatic nitrogens is 4. The molecule has 2 aromatic heterocycles. The van der Waals surface area contributed by atoms with E-state index in [-0.39, 0.29) is 11.2 Å². The van der Waals surface area contributed by atoms with E-state index in [0.29, 0.717) is 29.5 Å². The Morgan fingerprint density at radius 3 is 2.42 bits per heavy atom. The number of hydrogen-bond acceptors (Lipinski definition) is 4. The Hall–Kier alpha value is -3.42. The largest absolute Gasteiger partial charge is 0.478 e. The molecule has 1 aromatic carbocycles. The predicted molar refractivity (Wildman–Crippen MR) is 119 cm³/mol. The monoisotopic (exact) mass is 422 g/mol. The maximum Gasteiger partial charge on any atom is 0.332 e. The molecule has 162 valence electrons. The molecule has 0 bridgehead atoms. The molecule has 1 saturated carbocycles. The average Bonchev–Trinajstić information content (AvgIpc) is 3.12. The van der Waals surface area contributed by atoms with Crippen LogP contribution in [0.5, 0.6) is 0 Å². The van der Waals surface area contributed by atoms with Gasteiger partial charge in [0.25, 0.3) is 5.56 Å². The molecule has 0 amide bonds. The zero-order valence-corrected chi connectivity index (χ0v) is 17.7. The summed E-state index contributed by atoms with van der Waals surface area (Å²) in [6.45, 7) is 0.568. The number of carboxylic acid groups (broad SMARTS) is 1. The fourth-order valence-electron chi connectivity index (χ4n) is 4.39. The van der Waals surface area contributed by atoms with Gasteiger partial charge >= 0.3 is 11.7 Å². The molecule has 0 atom stereocenters. The van der Waals surface area contributed by atoms with Crippen molar-refractivity contribution in [3.8, 4) is 11.4 Å². The maximum absolute atomic E-state index is 12.9. The second-order valence-corrected chi connectivity index (χ2v) is 8.22. The number of aliphatic carboxylic acids is 1. The molecule has 3 aromatic rings. The van der Waals surface area contributed by atoms with Crippen LogP contribution in [0.3, 0.4) is 0 Å². The Kier molecular flexibility index (Phi) is 5.63. The van der Waals surface area contributed by atoms with Gasteiger partial charge in [0.05, 0.1) is 0 Å². The van der Waals surface area contributed by atoms with Gasteiger partial charge in [0.15, 0.2) is 11.2 Å². The van der Waals surface area contributed by atoms with E-state index in [1.54, 1.807) is 28.3 Å². The molecule has 31 heavy (non-hydrogen) atoms. The molecule has 2 heterocycles. The van der Waals surface area contributed by atoms with Gasteiger partial charge in [0.2, 0.25) is 0 Å². The number of fused-ring (bicyclic) bond motifs is 1. The minimum atomic E-state index is -1.01. The highest BCUT2D eigenvalue weighted by molar-refractivity contribution is 5.85. The summed E-state index contributed by atoms with van der Waals surface area (Å²) in [5.41, 5.74) is 1.66. The average molecular weight is 422 g/mol. The summed E-state index contributed by atoms with van der Waals surface area (Å²) in [6.07, 6.45) is 8.34. The van der Waals surface area contributed by atoms with E-state index in [4.69, 9.17) is 10.1 Å². The molecular weight excluding hydrogens is 396 g/mol. The van der Waals surface area contributed by atoms with E-state index in [0.717, 1.165) is 34.6 Å². The molecular formula is C23H26N4O4. The Balaban J connectivity index is 1.81. The van der Waals surface area contributed by atoms with Crippen LogP contribution in [0.4, 0.5) is 0 Å². The summed E-state index contributed by atoms with van der Waals surface area (Å²) in [6, 6.07) is 7.25. The van der Waals surface area contributed by atoms with E-state index in [1.165, 1.54) is 32.4 Å². The van der Waals surface area contributed by atoms with E-state index in [1.807, 2.05) is 12.1 Å². The molecule has 0 unspecified atom stereocenters. The van der Waals surface area contributed by atoms with Crippen LogP contribution in [0.15, 0.2) is 39.9 Å². The zero-order valence-electron chi connectivity index (χ0n) is 17.7. The number of nitrogens with zero attached hydrogens (tertiary/aromatic N) is 4. The van der Waals surface area contributed by atoms with Crippen molar-refractivity contribution in [1.29, 1.82) is 0 Å². The molecule has 1 aliphatic carbocycles. The third-order valence-corrected chi connectivity index (χ3v) is 6.11. The second kappa shape index (κ2) is 8.37. The van der Waals surface area contributed by atoms with Gasteiger partial charge in [-0.1, -0.05) is 43.5 Å². The number of carboxylic acids is 1. The first-order valence-electron chi connectivity index (χ1n) is 10.5. The molecule has 0 saturated heterocycles. The highest BCUT2D eigenvalue weighted by Crippen LogP contribution is 2.27. The van der Waals surface area contributed by atoms with Crippen molar-refractivity contribution in [3.63, 3.8) is 0 Å². The highest BCUT2D eigenvalue weighted by atomic mass is 16.4. The SMILES string of the molecule is Cn1c(=O)c2c(nc(-c3ccc(/C=C/C(=O)O)cc3)n2C)n(CC2CCCCC2)c1=O. The lowest BCUT2D eigenvalue weighted by Gasteiger charge is -2.22. The van der Waals surface area contributed by atoms with E-state index in [2.05, 4.69) is 0 Å². The van der Waals surface area contributed by atoms with Crippen LogP contribution in [-0.2, 0) is 25.4 Å². The molecule has 0 spiro atoms. The molecule has 0 radical (unpaired) electrons. The molecule has 0 aliphatic heterocycles. The van der Waals surface area contributed by atoms with Crippen LogP contribution in [0.1, 0.15) is 37.7 Å². The topological polar surface area (TPSA) is 99.1 Å². The van der Waals surface area contributed by atoms with Crippen LogP contribution >= 0.6 is 0 Å². The molecule has 8 nitrogen and oxygen atoms in total. The first-order valence-corrected chi connectivity index (χ1v) is 10.5. The van der Waals surface area contributed by atoms with Crippen molar-refractivity contribution >= 4 is 23.2 Å². The number of aryl methyl sites for hydroxylation is 1. The van der Waals surface area contributed by atoms with Crippen LogP contribution in [-0.4, -0.2) is 29.8 Å². The minimum Gasteiger partial charge on any atom is -0.478 e. The van der Waals surface area contributed by atoms with E-state index < -0.39 is 5.97 Å². The summed E-state index contributed by atoms with van der Waals surface area (Å²) in [5, 5.41) is 8.78. The van der Waals surface area contributed by atoms with Crippen molar-refractivity contribution in [3.05, 3.63) is 56.7 Å². The van der Waals surface area contributed by atoms with Crippen molar-refractivity contribution in [1.82, 2.24) is 18.7 Å². The maximum atomic E-state index is 12.9. The molecule has 8 heteroatoms. The lowest BCUT2D eigenvalue weighted by Crippen LogP contribution is -2.39. The summed E-state index contributed by atoms with van der Waals surface area (Å²) >= 11 is 0. The molecule has 1 N–H and O–H groups in total. The van der Waals surface area contributed by atoms with Gasteiger partial charge in [-0.25, -0.2) is 14.6 Å². The van der Waals surface area contributed by atoms with Crippen LogP contribution in [0, 0.1) is 5.92 Å². The molecule has 1 aliphatic rings. The van der Waals surface area contributed by atoms with Gasteiger partial charge in [-0.05, 0) is 30.4 Å². The normalized spacial score (nSPS) is 15.2. The van der Waals surface area contributed by atoms with Crippen molar-refractivity contribution in [2.24, 2.45) is 20.0 Å². The van der Waals surface area contributed by atoms with Crippen LogP contribution in [0.25, 0.3) is 28.6 Å². The third kappa shape index (κ3) is 3.97. The standard InChI is InChI=1S/C23H26N4O4/c1-25-19-21(24-20(25)17-11-8-15(9-12-17)10-13-18(28)29)27(23(31)26(2)22(19)30)14-16-6-4-3-5-7-16/h8-13,16H,3-7,14H2,1-2H3,(H,28,29)/b13-10+. The number of imidazole rings is 1. The lowest BCUT2D eigenvalue weighted by molar-refractivity contribution is -0.131. The zero-order chi connectivity index (χ0) is 22.1. The Morgan fingerprint density at radius 1 is 1.10 bits per heavy atom. The highest BCUT2D eigenvalue weighted by Gasteiger charge is 2.22. The number of rotatable bonds is 5. The first kappa shape index (κ1) is 20.8. The summed E-state index contributed by atoms with van der Waals surface area (Å²) in [4.78, 5) is 41.2. The van der Waals surface area contributed by atoms with Crippen LogP contribution in [0.2, 0.25) is 0 Å². The molecule has 1 fully saturated rings.